The van der Waals surface area contributed by atoms with E-state index < -0.39 is 23.6 Å². The molecule has 1 aliphatic rings. The zero-order chi connectivity index (χ0) is 21.0. The van der Waals surface area contributed by atoms with Gasteiger partial charge in [-0.1, -0.05) is 48.5 Å². The molecule has 0 radical (unpaired) electrons. The second-order valence-electron chi connectivity index (χ2n) is 8.21. The van der Waals surface area contributed by atoms with Gasteiger partial charge in [0.2, 0.25) is 5.91 Å². The summed E-state index contributed by atoms with van der Waals surface area (Å²) in [6.45, 7) is 5.81. The zero-order valence-corrected chi connectivity index (χ0v) is 17.1. The molecule has 1 fully saturated rings. The van der Waals surface area contributed by atoms with E-state index in [0.29, 0.717) is 25.2 Å². The second-order valence-corrected chi connectivity index (χ2v) is 8.21. The number of benzene rings is 2. The lowest BCUT2D eigenvalue weighted by atomic mass is 10.0. The van der Waals surface area contributed by atoms with Gasteiger partial charge in [-0.3, -0.25) is 9.69 Å². The van der Waals surface area contributed by atoms with Crippen molar-refractivity contribution in [3.63, 3.8) is 0 Å². The van der Waals surface area contributed by atoms with Crippen LogP contribution in [0.2, 0.25) is 0 Å². The zero-order valence-electron chi connectivity index (χ0n) is 17.1. The van der Waals surface area contributed by atoms with Crippen molar-refractivity contribution < 1.29 is 19.1 Å². The quantitative estimate of drug-likeness (QED) is 0.821. The summed E-state index contributed by atoms with van der Waals surface area (Å²) in [7, 11) is 0. The Kier molecular flexibility index (Phi) is 6.11. The molecule has 1 heterocycles. The molecule has 0 bridgehead atoms. The lowest BCUT2D eigenvalue weighted by molar-refractivity contribution is -0.122. The van der Waals surface area contributed by atoms with Crippen LogP contribution in [-0.2, 0) is 16.1 Å². The van der Waals surface area contributed by atoms with Crippen molar-refractivity contribution in [2.75, 3.05) is 0 Å². The van der Waals surface area contributed by atoms with Gasteiger partial charge in [-0.05, 0) is 45.2 Å². The van der Waals surface area contributed by atoms with E-state index in [9.17, 15) is 9.59 Å². The van der Waals surface area contributed by atoms with E-state index in [0.717, 1.165) is 11.1 Å². The van der Waals surface area contributed by atoms with Gasteiger partial charge in [0.15, 0.2) is 0 Å². The van der Waals surface area contributed by atoms with Crippen molar-refractivity contribution in [1.29, 1.82) is 0 Å². The van der Waals surface area contributed by atoms with Crippen LogP contribution >= 0.6 is 0 Å². The first-order valence-electron chi connectivity index (χ1n) is 9.82. The number of carbonyl (C=O) groups is 2. The minimum atomic E-state index is -0.697. The minimum Gasteiger partial charge on any atom is -0.489 e. The highest BCUT2D eigenvalue weighted by Gasteiger charge is 2.43. The van der Waals surface area contributed by atoms with Crippen LogP contribution in [-0.4, -0.2) is 28.5 Å². The summed E-state index contributed by atoms with van der Waals surface area (Å²) in [5.74, 6) is 0.154. The van der Waals surface area contributed by atoms with Crippen molar-refractivity contribution in [1.82, 2.24) is 4.90 Å². The molecule has 3 rings (SSSR count). The summed E-state index contributed by atoms with van der Waals surface area (Å²) >= 11 is 0. The Morgan fingerprint density at radius 3 is 2.34 bits per heavy atom. The summed E-state index contributed by atoms with van der Waals surface area (Å²) in [5.41, 5.74) is 6.81. The van der Waals surface area contributed by atoms with Crippen molar-refractivity contribution in [3.05, 3.63) is 65.7 Å². The number of amides is 2. The number of hydrogen-bond donors (Lipinski definition) is 1. The van der Waals surface area contributed by atoms with Crippen LogP contribution in [0.5, 0.6) is 5.75 Å². The molecule has 0 unspecified atom stereocenters. The van der Waals surface area contributed by atoms with Crippen molar-refractivity contribution >= 4 is 12.0 Å². The fourth-order valence-electron chi connectivity index (χ4n) is 3.59. The first-order chi connectivity index (χ1) is 13.8. The average Bonchev–Trinajstić information content (AvgIpc) is 3.11. The van der Waals surface area contributed by atoms with Gasteiger partial charge >= 0.3 is 6.09 Å². The Bertz CT molecular complexity index is 861. The highest BCUT2D eigenvalue weighted by atomic mass is 16.6. The topological polar surface area (TPSA) is 81.9 Å². The van der Waals surface area contributed by atoms with Crippen molar-refractivity contribution in [2.45, 2.75) is 57.9 Å². The predicted octanol–water partition coefficient (Wildman–Crippen LogP) is 4.19. The van der Waals surface area contributed by atoms with E-state index in [-0.39, 0.29) is 6.04 Å². The predicted molar refractivity (Wildman–Crippen MR) is 110 cm³/mol. The number of primary amides is 1. The number of para-hydroxylation sites is 1. The lowest BCUT2D eigenvalue weighted by Crippen LogP contribution is -2.46. The monoisotopic (exact) mass is 396 g/mol. The first kappa shape index (κ1) is 20.7. The second kappa shape index (κ2) is 8.55. The molecule has 1 saturated heterocycles. The lowest BCUT2D eigenvalue weighted by Gasteiger charge is -2.32. The van der Waals surface area contributed by atoms with Crippen LogP contribution < -0.4 is 10.5 Å². The third kappa shape index (κ3) is 5.08. The van der Waals surface area contributed by atoms with Crippen LogP contribution in [0.3, 0.4) is 0 Å². The average molecular weight is 396 g/mol. The third-order valence-corrected chi connectivity index (χ3v) is 4.83. The number of ether oxygens (including phenoxy) is 2. The summed E-state index contributed by atoms with van der Waals surface area (Å²) in [6, 6.07) is 16.4. The summed E-state index contributed by atoms with van der Waals surface area (Å²) < 4.78 is 11.6. The van der Waals surface area contributed by atoms with Gasteiger partial charge in [-0.25, -0.2) is 4.79 Å². The molecule has 2 aromatic carbocycles. The maximum Gasteiger partial charge on any atom is 0.411 e. The molecule has 6 heteroatoms. The molecule has 2 amide bonds. The van der Waals surface area contributed by atoms with E-state index >= 15 is 0 Å². The van der Waals surface area contributed by atoms with Gasteiger partial charge in [-0.15, -0.1) is 0 Å². The largest absolute Gasteiger partial charge is 0.489 e. The van der Waals surface area contributed by atoms with E-state index in [1.165, 1.54) is 4.90 Å². The van der Waals surface area contributed by atoms with E-state index in [1.54, 1.807) is 20.8 Å². The fourth-order valence-corrected chi connectivity index (χ4v) is 3.59. The molecule has 1 aliphatic heterocycles. The molecule has 0 saturated carbocycles. The SMILES string of the molecule is CC(C)(C)OC(=O)N1[C@H](C(N)=O)CC[C@H]1c1ccccc1OCc1ccccc1. The van der Waals surface area contributed by atoms with Crippen LogP contribution in [0.1, 0.15) is 50.8 Å². The van der Waals surface area contributed by atoms with Gasteiger partial charge in [0.25, 0.3) is 0 Å². The molecule has 0 aromatic heterocycles. The number of likely N-dealkylation sites (tertiary alicyclic amines) is 1. The highest BCUT2D eigenvalue weighted by molar-refractivity contribution is 5.85. The molecule has 2 N–H and O–H groups in total. The van der Waals surface area contributed by atoms with Gasteiger partial charge in [0.05, 0.1) is 6.04 Å². The number of rotatable bonds is 5. The first-order valence-corrected chi connectivity index (χ1v) is 9.82. The highest BCUT2D eigenvalue weighted by Crippen LogP contribution is 2.41. The van der Waals surface area contributed by atoms with Crippen LogP contribution in [0.4, 0.5) is 4.79 Å². The van der Waals surface area contributed by atoms with Gasteiger partial charge in [0.1, 0.15) is 24.0 Å². The molecule has 154 valence electrons. The van der Waals surface area contributed by atoms with Crippen LogP contribution in [0.15, 0.2) is 54.6 Å². The molecule has 2 atom stereocenters. The molecule has 6 nitrogen and oxygen atoms in total. The molecular weight excluding hydrogens is 368 g/mol. The molecule has 2 aromatic rings. The number of hydrogen-bond acceptors (Lipinski definition) is 4. The minimum absolute atomic E-state index is 0.339. The Morgan fingerprint density at radius 1 is 1.03 bits per heavy atom. The smallest absolute Gasteiger partial charge is 0.411 e. The molecule has 29 heavy (non-hydrogen) atoms. The molecular formula is C23H28N2O4. The van der Waals surface area contributed by atoms with E-state index in [4.69, 9.17) is 15.2 Å². The molecule has 0 spiro atoms. The van der Waals surface area contributed by atoms with Crippen LogP contribution in [0, 0.1) is 0 Å². The Hall–Kier alpha value is -3.02. The Labute approximate surface area is 171 Å². The fraction of sp³-hybridized carbons (Fsp3) is 0.391. The summed E-state index contributed by atoms with van der Waals surface area (Å²) in [6.07, 6.45) is 0.562. The Morgan fingerprint density at radius 2 is 1.69 bits per heavy atom. The maximum atomic E-state index is 12.9. The van der Waals surface area contributed by atoms with Crippen molar-refractivity contribution in [3.8, 4) is 5.75 Å². The summed E-state index contributed by atoms with van der Waals surface area (Å²) in [4.78, 5) is 26.4. The van der Waals surface area contributed by atoms with E-state index in [2.05, 4.69) is 0 Å². The number of nitrogens with two attached hydrogens (primary N) is 1. The number of carbonyl (C=O) groups excluding carboxylic acids is 2. The van der Waals surface area contributed by atoms with E-state index in [1.807, 2.05) is 54.6 Å². The van der Waals surface area contributed by atoms with Gasteiger partial charge < -0.3 is 15.2 Å². The van der Waals surface area contributed by atoms with Gasteiger partial charge in [-0.2, -0.15) is 0 Å². The summed E-state index contributed by atoms with van der Waals surface area (Å²) in [5, 5.41) is 0. The number of nitrogens with zero attached hydrogens (tertiary/aromatic N) is 1. The Balaban J connectivity index is 1.87. The normalized spacial score (nSPS) is 19.1. The van der Waals surface area contributed by atoms with Gasteiger partial charge in [0, 0.05) is 5.56 Å². The van der Waals surface area contributed by atoms with Crippen molar-refractivity contribution in [2.24, 2.45) is 5.73 Å². The maximum absolute atomic E-state index is 12.9. The molecule has 0 aliphatic carbocycles. The third-order valence-electron chi connectivity index (χ3n) is 4.83. The standard InChI is InChI=1S/C23H28N2O4/c1-23(2,3)29-22(27)25-18(13-14-19(25)21(24)26)17-11-7-8-12-20(17)28-15-16-9-5-4-6-10-16/h4-12,18-19H,13-15H2,1-3H3,(H2,24,26)/t18-,19-/m0/s1. The van der Waals surface area contributed by atoms with Crippen LogP contribution in [0.25, 0.3) is 0 Å².